The molecule has 3 aliphatic rings. The van der Waals surface area contributed by atoms with Crippen molar-refractivity contribution in [2.24, 2.45) is 5.92 Å². The van der Waals surface area contributed by atoms with Gasteiger partial charge in [-0.3, -0.25) is 14.6 Å². The van der Waals surface area contributed by atoms with Crippen molar-refractivity contribution in [1.29, 1.82) is 0 Å². The van der Waals surface area contributed by atoms with E-state index in [4.69, 9.17) is 18.9 Å². The van der Waals surface area contributed by atoms with Gasteiger partial charge in [0.25, 0.3) is 5.91 Å². The van der Waals surface area contributed by atoms with Crippen molar-refractivity contribution in [3.8, 4) is 5.75 Å². The van der Waals surface area contributed by atoms with Crippen LogP contribution in [0.2, 0.25) is 0 Å². The Bertz CT molecular complexity index is 1290. The number of allylic oxidation sites excluding steroid dienone is 2. The second-order valence-electron chi connectivity index (χ2n) is 13.6. The number of benzene rings is 1. The summed E-state index contributed by atoms with van der Waals surface area (Å²) in [6, 6.07) is 5.85. The molecule has 2 saturated heterocycles. The first-order chi connectivity index (χ1) is 18.8. The lowest BCUT2D eigenvalue weighted by Gasteiger charge is -2.50. The zero-order valence-corrected chi connectivity index (χ0v) is 25.3. The van der Waals surface area contributed by atoms with Crippen molar-refractivity contribution in [1.82, 2.24) is 9.80 Å². The number of hydrogen-bond acceptors (Lipinski definition) is 8. The zero-order chi connectivity index (χ0) is 30.5. The summed E-state index contributed by atoms with van der Waals surface area (Å²) in [7, 11) is 0. The molecular formula is C31H40N2O8. The van der Waals surface area contributed by atoms with Gasteiger partial charge < -0.3 is 18.9 Å². The van der Waals surface area contributed by atoms with Crippen LogP contribution in [-0.4, -0.2) is 69.4 Å². The number of amides is 2. The highest BCUT2D eigenvalue weighted by molar-refractivity contribution is 6.03. The van der Waals surface area contributed by atoms with Crippen molar-refractivity contribution in [3.05, 3.63) is 47.2 Å². The Balaban J connectivity index is 1.58. The summed E-state index contributed by atoms with van der Waals surface area (Å²) < 4.78 is 21.7. The summed E-state index contributed by atoms with van der Waals surface area (Å²) in [6.07, 6.45) is 2.78. The lowest BCUT2D eigenvalue weighted by atomic mass is 9.79. The lowest BCUT2D eigenvalue weighted by Crippen LogP contribution is -2.69. The number of esters is 1. The van der Waals surface area contributed by atoms with Gasteiger partial charge in [0.15, 0.2) is 0 Å². The first kappa shape index (κ1) is 30.1. The number of rotatable bonds is 4. The fourth-order valence-electron chi connectivity index (χ4n) is 5.16. The summed E-state index contributed by atoms with van der Waals surface area (Å²) in [5.74, 6) is -0.630. The first-order valence-corrected chi connectivity index (χ1v) is 13.8. The van der Waals surface area contributed by atoms with Gasteiger partial charge in [0.2, 0.25) is 0 Å². The average molecular weight is 569 g/mol. The summed E-state index contributed by atoms with van der Waals surface area (Å²) in [4.78, 5) is 54.6. The van der Waals surface area contributed by atoms with Crippen molar-refractivity contribution < 1.29 is 38.1 Å². The van der Waals surface area contributed by atoms with Crippen LogP contribution in [0, 0.1) is 5.92 Å². The van der Waals surface area contributed by atoms with Crippen LogP contribution in [0.1, 0.15) is 74.3 Å². The van der Waals surface area contributed by atoms with Gasteiger partial charge in [-0.05, 0) is 92.0 Å². The van der Waals surface area contributed by atoms with E-state index in [1.165, 1.54) is 9.80 Å². The van der Waals surface area contributed by atoms with Gasteiger partial charge in [0, 0.05) is 12.5 Å². The van der Waals surface area contributed by atoms with Crippen molar-refractivity contribution >= 4 is 30.2 Å². The lowest BCUT2D eigenvalue weighted by molar-refractivity contribution is -0.163. The Labute approximate surface area is 241 Å². The fourth-order valence-corrected chi connectivity index (χ4v) is 5.16. The van der Waals surface area contributed by atoms with Crippen LogP contribution >= 0.6 is 0 Å². The molecule has 0 aliphatic carbocycles. The van der Waals surface area contributed by atoms with E-state index in [0.29, 0.717) is 24.3 Å². The molecule has 41 heavy (non-hydrogen) atoms. The third-order valence-corrected chi connectivity index (χ3v) is 6.56. The maximum absolute atomic E-state index is 13.4. The van der Waals surface area contributed by atoms with Gasteiger partial charge in [-0.1, -0.05) is 24.3 Å². The standard InChI is InChI=1S/C31H40N2O8/c1-29(2,3)39-26(35)23-19(13-10-18-11-14-21(15-12-18)38-28(37)41-31(7,8)9)16-20-17-32(27(36)40-30(4,5)6)24-22(20)33(23)25(24)34/h10-15,20,22,24H,16-17H2,1-9H3/b13-10+/t20?,22-,24?/m1/s1. The normalized spacial score (nSPS) is 22.4. The number of nitrogens with zero attached hydrogens (tertiary/aromatic N) is 2. The quantitative estimate of drug-likeness (QED) is 0.204. The molecule has 3 aliphatic heterocycles. The Hall–Kier alpha value is -3.82. The minimum absolute atomic E-state index is 0.0549. The number of β-lactam (4-membered cyclic amide) rings is 1. The van der Waals surface area contributed by atoms with Gasteiger partial charge >= 0.3 is 18.2 Å². The molecule has 3 atom stereocenters. The number of hydrogen-bond donors (Lipinski definition) is 0. The summed E-state index contributed by atoms with van der Waals surface area (Å²) in [6.45, 7) is 16.3. The van der Waals surface area contributed by atoms with Gasteiger partial charge in [-0.25, -0.2) is 14.4 Å². The minimum atomic E-state index is -0.792. The van der Waals surface area contributed by atoms with E-state index in [2.05, 4.69) is 0 Å². The van der Waals surface area contributed by atoms with Crippen LogP contribution in [0.25, 0.3) is 6.08 Å². The van der Waals surface area contributed by atoms with Gasteiger partial charge in [-0.2, -0.15) is 0 Å². The number of carbonyl (C=O) groups excluding carboxylic acids is 4. The van der Waals surface area contributed by atoms with E-state index in [1.807, 2.05) is 6.08 Å². The van der Waals surface area contributed by atoms with Gasteiger partial charge in [-0.15, -0.1) is 0 Å². The van der Waals surface area contributed by atoms with E-state index in [0.717, 1.165) is 5.56 Å². The molecule has 222 valence electrons. The molecule has 0 N–H and O–H groups in total. The van der Waals surface area contributed by atoms with E-state index >= 15 is 0 Å². The van der Waals surface area contributed by atoms with Crippen LogP contribution in [0.4, 0.5) is 9.59 Å². The SMILES string of the molecule is CC(C)(C)OC(=O)Oc1ccc(/C=C/C2=C(C(=O)OC(C)(C)C)N3C(=O)C4[C@H]3C(C2)CN4C(=O)OC(C)(C)C)cc1. The van der Waals surface area contributed by atoms with Crippen LogP contribution in [0.15, 0.2) is 41.6 Å². The van der Waals surface area contributed by atoms with E-state index in [9.17, 15) is 19.2 Å². The molecule has 1 aromatic carbocycles. The summed E-state index contributed by atoms with van der Waals surface area (Å²) in [5.41, 5.74) is -0.486. The highest BCUT2D eigenvalue weighted by Crippen LogP contribution is 2.48. The monoisotopic (exact) mass is 568 g/mol. The molecule has 10 nitrogen and oxygen atoms in total. The Morgan fingerprint density at radius 1 is 0.829 bits per heavy atom. The number of likely N-dealkylation sites (tertiary alicyclic amines) is 1. The minimum Gasteiger partial charge on any atom is -0.455 e. The molecule has 0 saturated carbocycles. The smallest absolute Gasteiger partial charge is 0.455 e. The first-order valence-electron chi connectivity index (χ1n) is 13.8. The molecule has 4 rings (SSSR count). The highest BCUT2D eigenvalue weighted by atomic mass is 16.7. The third-order valence-electron chi connectivity index (χ3n) is 6.56. The zero-order valence-electron chi connectivity index (χ0n) is 25.3. The second kappa shape index (κ2) is 10.5. The van der Waals surface area contributed by atoms with Crippen LogP contribution < -0.4 is 4.74 Å². The Kier molecular flexibility index (Phi) is 7.75. The predicted molar refractivity (Wildman–Crippen MR) is 151 cm³/mol. The predicted octanol–water partition coefficient (Wildman–Crippen LogP) is 5.46. The molecule has 0 aromatic heterocycles. The number of carbonyl (C=O) groups is 4. The molecular weight excluding hydrogens is 528 g/mol. The molecule has 2 fully saturated rings. The summed E-state index contributed by atoms with van der Waals surface area (Å²) in [5, 5.41) is 0. The molecule has 0 radical (unpaired) electrons. The van der Waals surface area contributed by atoms with Crippen LogP contribution in [0.3, 0.4) is 0 Å². The van der Waals surface area contributed by atoms with Crippen LogP contribution in [-0.2, 0) is 23.8 Å². The van der Waals surface area contributed by atoms with Crippen molar-refractivity contribution in [2.45, 2.75) is 97.6 Å². The Morgan fingerprint density at radius 2 is 1.41 bits per heavy atom. The van der Waals surface area contributed by atoms with E-state index in [-0.39, 0.29) is 23.6 Å². The average Bonchev–Trinajstić information content (AvgIpc) is 3.16. The van der Waals surface area contributed by atoms with Crippen molar-refractivity contribution in [3.63, 3.8) is 0 Å². The molecule has 10 heteroatoms. The molecule has 3 heterocycles. The Morgan fingerprint density at radius 3 is 1.98 bits per heavy atom. The molecule has 0 spiro atoms. The molecule has 1 aromatic rings. The molecule has 2 unspecified atom stereocenters. The van der Waals surface area contributed by atoms with Gasteiger partial charge in [0.05, 0.1) is 6.04 Å². The maximum Gasteiger partial charge on any atom is 0.514 e. The van der Waals surface area contributed by atoms with Crippen LogP contribution in [0.5, 0.6) is 5.75 Å². The van der Waals surface area contributed by atoms with E-state index in [1.54, 1.807) is 92.7 Å². The second-order valence-corrected chi connectivity index (χ2v) is 13.6. The largest absolute Gasteiger partial charge is 0.514 e. The maximum atomic E-state index is 13.4. The van der Waals surface area contributed by atoms with Gasteiger partial charge in [0.1, 0.15) is 34.3 Å². The number of ether oxygens (including phenoxy) is 4. The summed E-state index contributed by atoms with van der Waals surface area (Å²) >= 11 is 0. The molecule has 0 bridgehead atoms. The fraction of sp³-hybridized carbons (Fsp3) is 0.548. The topological polar surface area (TPSA) is 112 Å². The van der Waals surface area contributed by atoms with E-state index < -0.39 is 41.1 Å². The van der Waals surface area contributed by atoms with Crippen molar-refractivity contribution in [2.75, 3.05) is 6.54 Å². The molecule has 2 amide bonds. The highest BCUT2D eigenvalue weighted by Gasteiger charge is 2.64. The third kappa shape index (κ3) is 6.92.